The van der Waals surface area contributed by atoms with E-state index in [0.29, 0.717) is 61.7 Å². The average Bonchev–Trinajstić information content (AvgIpc) is 3.87. The lowest BCUT2D eigenvalue weighted by Crippen LogP contribution is -2.31. The van der Waals surface area contributed by atoms with Gasteiger partial charge in [-0.2, -0.15) is 4.31 Å². The van der Waals surface area contributed by atoms with Crippen LogP contribution in [0.5, 0.6) is 11.5 Å². The Hall–Kier alpha value is -5.30. The number of carbonyl (C=O) groups excluding carboxylic acids is 1. The third-order valence-electron chi connectivity index (χ3n) is 10.0. The average molecular weight is 811 g/mol. The number of hydrogen-bond donors (Lipinski definition) is 0. The summed E-state index contributed by atoms with van der Waals surface area (Å²) in [6, 6.07) is 26.9. The van der Waals surface area contributed by atoms with Gasteiger partial charge in [-0.1, -0.05) is 54.1 Å². The number of aryl methyl sites for hydroxylation is 2. The van der Waals surface area contributed by atoms with Crippen LogP contribution in [-0.4, -0.2) is 49.1 Å². The topological polar surface area (TPSA) is 100.0 Å². The van der Waals surface area contributed by atoms with Crippen molar-refractivity contribution >= 4 is 27.3 Å². The van der Waals surface area contributed by atoms with Gasteiger partial charge >= 0.3 is 5.97 Å². The molecular weight excluding hydrogens is 762 g/mol. The molecule has 57 heavy (non-hydrogen) atoms. The fourth-order valence-corrected chi connectivity index (χ4v) is 9.26. The summed E-state index contributed by atoms with van der Waals surface area (Å²) in [6.45, 7) is 1.50. The molecule has 2 heterocycles. The van der Waals surface area contributed by atoms with Gasteiger partial charge in [-0.15, -0.1) is 11.3 Å². The molecule has 2 aromatic heterocycles. The summed E-state index contributed by atoms with van der Waals surface area (Å²) in [6.07, 6.45) is 2.73. The van der Waals surface area contributed by atoms with Crippen molar-refractivity contribution in [2.75, 3.05) is 20.8 Å². The molecule has 1 saturated carbocycles. The minimum absolute atomic E-state index is 0.0248. The molecule has 0 radical (unpaired) electrons. The van der Waals surface area contributed by atoms with Crippen molar-refractivity contribution in [2.24, 2.45) is 5.92 Å². The number of ether oxygens (including phenoxy) is 3. The summed E-state index contributed by atoms with van der Waals surface area (Å²) in [4.78, 5) is 17.8. The molecule has 1 aliphatic rings. The molecule has 12 heteroatoms. The highest BCUT2D eigenvalue weighted by Gasteiger charge is 2.31. The number of hydrogen-bond acceptors (Lipinski definition) is 8. The van der Waals surface area contributed by atoms with E-state index >= 15 is 4.39 Å². The van der Waals surface area contributed by atoms with Crippen molar-refractivity contribution in [3.8, 4) is 33.3 Å². The smallest absolute Gasteiger partial charge is 0.358 e. The monoisotopic (exact) mass is 810 g/mol. The summed E-state index contributed by atoms with van der Waals surface area (Å²) < 4.78 is 88.8. The Bertz CT molecular complexity index is 2550. The second-order valence-electron chi connectivity index (χ2n) is 14.1. The first kappa shape index (κ1) is 36.1. The Morgan fingerprint density at radius 1 is 0.930 bits per heavy atom. The van der Waals surface area contributed by atoms with Gasteiger partial charge in [0.2, 0.25) is 10.0 Å². The molecule has 296 valence electrons. The van der Waals surface area contributed by atoms with Crippen LogP contribution in [0.1, 0.15) is 67.2 Å². The molecule has 0 spiro atoms. The van der Waals surface area contributed by atoms with Gasteiger partial charge in [0.15, 0.2) is 5.69 Å². The SMILES string of the molecule is [2H]C([2H])([2H])c1cccc(-c2cc(-c3nc(C(=O)OCC)c(C)s3)c(CC3CC3)n2Cc2ccc(S(=O)(=O)N(Cc3ccc(OC)cc3)Cc3ccc(OC)cc3)c(F)c2)c1. The second-order valence-corrected chi connectivity index (χ2v) is 17.2. The normalized spacial score (nSPS) is 13.9. The molecule has 0 aliphatic heterocycles. The Kier molecular flexibility index (Phi) is 10.8. The fourth-order valence-electron chi connectivity index (χ4n) is 6.86. The molecular formula is C45H46FN3O6S2. The number of carbonyl (C=O) groups is 1. The maximum atomic E-state index is 16.5. The van der Waals surface area contributed by atoms with E-state index in [1.54, 1.807) is 93.9 Å². The van der Waals surface area contributed by atoms with Crippen LogP contribution in [0.25, 0.3) is 21.8 Å². The fraction of sp³-hybridized carbons (Fsp3) is 0.289. The molecule has 9 nitrogen and oxygen atoms in total. The van der Waals surface area contributed by atoms with Gasteiger partial charge < -0.3 is 18.8 Å². The van der Waals surface area contributed by atoms with E-state index in [1.807, 2.05) is 23.6 Å². The molecule has 0 N–H and O–H groups in total. The number of methoxy groups -OCH3 is 2. The van der Waals surface area contributed by atoms with Gasteiger partial charge in [0, 0.05) is 45.6 Å². The van der Waals surface area contributed by atoms with Crippen LogP contribution in [0.3, 0.4) is 0 Å². The van der Waals surface area contributed by atoms with Crippen LogP contribution in [0.2, 0.25) is 0 Å². The Balaban J connectivity index is 1.29. The van der Waals surface area contributed by atoms with Crippen molar-refractivity contribution in [3.05, 3.63) is 141 Å². The Morgan fingerprint density at radius 2 is 1.58 bits per heavy atom. The third-order valence-corrected chi connectivity index (χ3v) is 12.9. The predicted molar refractivity (Wildman–Crippen MR) is 221 cm³/mol. The van der Waals surface area contributed by atoms with Crippen molar-refractivity contribution < 1.29 is 35.9 Å². The zero-order valence-electron chi connectivity index (χ0n) is 35.3. The molecule has 0 bridgehead atoms. The quantitative estimate of drug-likeness (QED) is 0.0898. The van der Waals surface area contributed by atoms with Crippen LogP contribution in [0.15, 0.2) is 102 Å². The highest BCUT2D eigenvalue weighted by Crippen LogP contribution is 2.42. The minimum atomic E-state index is -4.39. The highest BCUT2D eigenvalue weighted by molar-refractivity contribution is 7.89. The largest absolute Gasteiger partial charge is 0.497 e. The lowest BCUT2D eigenvalue weighted by molar-refractivity contribution is 0.0519. The van der Waals surface area contributed by atoms with Crippen LogP contribution >= 0.6 is 11.3 Å². The second kappa shape index (κ2) is 17.1. The predicted octanol–water partition coefficient (Wildman–Crippen LogP) is 9.62. The van der Waals surface area contributed by atoms with E-state index in [-0.39, 0.29) is 37.5 Å². The molecule has 7 rings (SSSR count). The number of halogens is 1. The highest BCUT2D eigenvalue weighted by atomic mass is 32.2. The summed E-state index contributed by atoms with van der Waals surface area (Å²) >= 11 is 1.37. The molecule has 1 fully saturated rings. The van der Waals surface area contributed by atoms with Crippen molar-refractivity contribution in [2.45, 2.75) is 64.5 Å². The van der Waals surface area contributed by atoms with Gasteiger partial charge in [0.05, 0.1) is 20.8 Å². The van der Waals surface area contributed by atoms with Crippen LogP contribution in [0.4, 0.5) is 4.39 Å². The Morgan fingerprint density at radius 3 is 2.16 bits per heavy atom. The summed E-state index contributed by atoms with van der Waals surface area (Å²) in [7, 11) is -1.29. The van der Waals surface area contributed by atoms with Gasteiger partial charge in [-0.05, 0) is 117 Å². The first-order chi connectivity index (χ1) is 28.7. The minimum Gasteiger partial charge on any atom is -0.497 e. The van der Waals surface area contributed by atoms with E-state index in [2.05, 4.69) is 0 Å². The number of thiazole rings is 1. The maximum Gasteiger partial charge on any atom is 0.358 e. The Labute approximate surface area is 342 Å². The number of benzene rings is 4. The zero-order chi connectivity index (χ0) is 42.8. The third kappa shape index (κ3) is 8.98. The first-order valence-corrected chi connectivity index (χ1v) is 21.0. The lowest BCUT2D eigenvalue weighted by Gasteiger charge is -2.23. The number of esters is 1. The summed E-state index contributed by atoms with van der Waals surface area (Å²) in [5.74, 6) is 0.228. The van der Waals surface area contributed by atoms with Crippen molar-refractivity contribution in [1.29, 1.82) is 0 Å². The van der Waals surface area contributed by atoms with Crippen molar-refractivity contribution in [3.63, 3.8) is 0 Å². The number of sulfonamides is 1. The molecule has 0 saturated heterocycles. The lowest BCUT2D eigenvalue weighted by atomic mass is 10.1. The maximum absolute atomic E-state index is 16.5. The van der Waals surface area contributed by atoms with E-state index in [9.17, 15) is 13.2 Å². The van der Waals surface area contributed by atoms with E-state index in [1.165, 1.54) is 27.8 Å². The summed E-state index contributed by atoms with van der Waals surface area (Å²) in [5, 5.41) is 0.611. The van der Waals surface area contributed by atoms with E-state index < -0.39 is 33.6 Å². The molecule has 0 atom stereocenters. The zero-order valence-corrected chi connectivity index (χ0v) is 33.9. The summed E-state index contributed by atoms with van der Waals surface area (Å²) in [5.41, 5.74) is 5.29. The van der Waals surface area contributed by atoms with Crippen LogP contribution in [0, 0.1) is 25.5 Å². The van der Waals surface area contributed by atoms with Gasteiger partial charge in [-0.3, -0.25) is 0 Å². The van der Waals surface area contributed by atoms with Gasteiger partial charge in [-0.25, -0.2) is 22.6 Å². The molecule has 6 aromatic rings. The number of aromatic nitrogens is 2. The van der Waals surface area contributed by atoms with Gasteiger partial charge in [0.25, 0.3) is 0 Å². The van der Waals surface area contributed by atoms with Crippen molar-refractivity contribution in [1.82, 2.24) is 13.9 Å². The molecule has 1 aliphatic carbocycles. The standard InChI is InChI=1S/C45H46FN3O6S2/c1-6-55-45(50)43-30(3)56-44(47-43)38-25-40(35-9-7-8-29(2)22-35)49(41(38)24-31-10-11-31)28-34-16-21-42(39(46)23-34)57(51,52)48(26-32-12-17-36(53-4)18-13-32)27-33-14-19-37(54-5)20-15-33/h7-9,12-23,25,31H,6,10-11,24,26-28H2,1-5H3/i2D3. The van der Waals surface area contributed by atoms with E-state index in [0.717, 1.165) is 24.1 Å². The molecule has 4 aromatic carbocycles. The number of nitrogens with zero attached hydrogens (tertiary/aromatic N) is 3. The number of rotatable bonds is 16. The van der Waals surface area contributed by atoms with Crippen LogP contribution in [-0.2, 0) is 40.8 Å². The van der Waals surface area contributed by atoms with Gasteiger partial charge in [0.1, 0.15) is 27.2 Å². The first-order valence-electron chi connectivity index (χ1n) is 20.2. The van der Waals surface area contributed by atoms with Crippen LogP contribution < -0.4 is 9.47 Å². The molecule has 0 unspecified atom stereocenters. The van der Waals surface area contributed by atoms with E-state index in [4.69, 9.17) is 23.3 Å². The molecule has 0 amide bonds.